The van der Waals surface area contributed by atoms with Crippen molar-refractivity contribution >= 4 is 11.9 Å². The Hall–Kier alpha value is -1.06. The number of carbonyl (C=O) groups excluding carboxylic acids is 2. The summed E-state index contributed by atoms with van der Waals surface area (Å²) < 4.78 is 9.50. The van der Waals surface area contributed by atoms with E-state index in [1.54, 1.807) is 20.8 Å². The van der Waals surface area contributed by atoms with E-state index < -0.39 is 17.5 Å². The number of hydrogen-bond donors (Lipinski definition) is 0. The van der Waals surface area contributed by atoms with Gasteiger partial charge < -0.3 is 9.47 Å². The molecule has 0 aliphatic carbocycles. The molecule has 0 bridgehead atoms. The molecule has 0 rings (SSSR count). The lowest BCUT2D eigenvalue weighted by atomic mass is 9.92. The first kappa shape index (κ1) is 11.9. The summed E-state index contributed by atoms with van der Waals surface area (Å²) in [5, 5.41) is 0. The van der Waals surface area contributed by atoms with E-state index in [9.17, 15) is 9.59 Å². The fraction of sp³-hybridized carbons (Fsp3) is 0.778. The predicted molar refractivity (Wildman–Crippen MR) is 47.0 cm³/mol. The van der Waals surface area contributed by atoms with Crippen LogP contribution in [0.3, 0.4) is 0 Å². The normalized spacial score (nSPS) is 14.9. The van der Waals surface area contributed by atoms with Gasteiger partial charge in [0.05, 0.1) is 7.11 Å². The molecule has 0 aromatic carbocycles. The zero-order chi connectivity index (χ0) is 10.6. The summed E-state index contributed by atoms with van der Waals surface area (Å²) in [7, 11) is 1.27. The Morgan fingerprint density at radius 2 is 1.77 bits per heavy atom. The highest BCUT2D eigenvalue weighted by molar-refractivity contribution is 5.82. The second-order valence-electron chi connectivity index (χ2n) is 3.35. The lowest BCUT2D eigenvalue weighted by molar-refractivity contribution is -0.182. The van der Waals surface area contributed by atoms with Crippen LogP contribution >= 0.6 is 0 Å². The van der Waals surface area contributed by atoms with Gasteiger partial charge in [-0.2, -0.15) is 0 Å². The van der Waals surface area contributed by atoms with Crippen molar-refractivity contribution in [2.24, 2.45) is 5.92 Å². The zero-order valence-corrected chi connectivity index (χ0v) is 8.71. The first-order chi connectivity index (χ1) is 5.84. The van der Waals surface area contributed by atoms with E-state index in [4.69, 9.17) is 4.74 Å². The SMILES string of the molecule is COC(=O)C(C)(OC(C)=O)C(C)C. The van der Waals surface area contributed by atoms with E-state index in [1.807, 2.05) is 0 Å². The summed E-state index contributed by atoms with van der Waals surface area (Å²) in [5.41, 5.74) is -1.18. The van der Waals surface area contributed by atoms with E-state index in [0.29, 0.717) is 0 Å². The maximum Gasteiger partial charge on any atom is 0.350 e. The first-order valence-electron chi connectivity index (χ1n) is 4.12. The summed E-state index contributed by atoms with van der Waals surface area (Å²) in [6, 6.07) is 0. The number of carbonyl (C=O) groups is 2. The Kier molecular flexibility index (Phi) is 3.91. The van der Waals surface area contributed by atoms with Gasteiger partial charge in [-0.05, 0) is 6.92 Å². The van der Waals surface area contributed by atoms with Gasteiger partial charge >= 0.3 is 11.9 Å². The highest BCUT2D eigenvalue weighted by atomic mass is 16.6. The van der Waals surface area contributed by atoms with Gasteiger partial charge in [-0.15, -0.1) is 0 Å². The van der Waals surface area contributed by atoms with E-state index in [0.717, 1.165) is 0 Å². The summed E-state index contributed by atoms with van der Waals surface area (Å²) in [6.45, 7) is 6.40. The van der Waals surface area contributed by atoms with E-state index in [2.05, 4.69) is 4.74 Å². The minimum absolute atomic E-state index is 0.121. The third kappa shape index (κ3) is 2.72. The van der Waals surface area contributed by atoms with Crippen LogP contribution in [0.2, 0.25) is 0 Å². The Bertz CT molecular complexity index is 210. The van der Waals surface area contributed by atoms with Crippen LogP contribution in [0.4, 0.5) is 0 Å². The summed E-state index contributed by atoms with van der Waals surface area (Å²) >= 11 is 0. The maximum absolute atomic E-state index is 11.3. The van der Waals surface area contributed by atoms with Crippen molar-refractivity contribution in [1.29, 1.82) is 0 Å². The molecule has 0 radical (unpaired) electrons. The Morgan fingerprint density at radius 1 is 1.31 bits per heavy atom. The van der Waals surface area contributed by atoms with Crippen molar-refractivity contribution in [2.75, 3.05) is 7.11 Å². The van der Waals surface area contributed by atoms with Crippen molar-refractivity contribution in [2.45, 2.75) is 33.3 Å². The summed E-state index contributed by atoms with van der Waals surface area (Å²) in [5.74, 6) is -1.14. The van der Waals surface area contributed by atoms with Crippen LogP contribution in [0.25, 0.3) is 0 Å². The molecule has 0 aromatic heterocycles. The molecule has 4 heteroatoms. The van der Waals surface area contributed by atoms with Gasteiger partial charge in [0, 0.05) is 12.8 Å². The third-order valence-electron chi connectivity index (χ3n) is 2.05. The lowest BCUT2D eigenvalue weighted by Gasteiger charge is -2.29. The topological polar surface area (TPSA) is 52.6 Å². The van der Waals surface area contributed by atoms with Crippen LogP contribution in [-0.4, -0.2) is 24.6 Å². The molecule has 76 valence electrons. The first-order valence-corrected chi connectivity index (χ1v) is 4.12. The van der Waals surface area contributed by atoms with Crippen LogP contribution in [0.1, 0.15) is 27.7 Å². The van der Waals surface area contributed by atoms with Crippen molar-refractivity contribution in [1.82, 2.24) is 0 Å². The second-order valence-corrected chi connectivity index (χ2v) is 3.35. The molecule has 0 aliphatic heterocycles. The van der Waals surface area contributed by atoms with Crippen molar-refractivity contribution in [3.05, 3.63) is 0 Å². The molecule has 0 spiro atoms. The fourth-order valence-corrected chi connectivity index (χ4v) is 0.896. The van der Waals surface area contributed by atoms with Gasteiger partial charge in [-0.3, -0.25) is 4.79 Å². The lowest BCUT2D eigenvalue weighted by Crippen LogP contribution is -2.45. The van der Waals surface area contributed by atoms with Crippen LogP contribution in [0, 0.1) is 5.92 Å². The van der Waals surface area contributed by atoms with Crippen LogP contribution in [0.15, 0.2) is 0 Å². The molecule has 0 saturated carbocycles. The van der Waals surface area contributed by atoms with Gasteiger partial charge in [-0.25, -0.2) is 4.79 Å². The Morgan fingerprint density at radius 3 is 2.00 bits per heavy atom. The number of methoxy groups -OCH3 is 1. The largest absolute Gasteiger partial charge is 0.466 e. The summed E-state index contributed by atoms with van der Waals surface area (Å²) in [4.78, 5) is 22.1. The van der Waals surface area contributed by atoms with E-state index >= 15 is 0 Å². The molecule has 0 aromatic rings. The highest BCUT2D eigenvalue weighted by Gasteiger charge is 2.41. The molecule has 0 fully saturated rings. The van der Waals surface area contributed by atoms with Crippen molar-refractivity contribution in [3.63, 3.8) is 0 Å². The molecule has 0 saturated heterocycles. The quantitative estimate of drug-likeness (QED) is 0.623. The van der Waals surface area contributed by atoms with Crippen molar-refractivity contribution in [3.8, 4) is 0 Å². The average Bonchev–Trinajstić information content (AvgIpc) is 2.01. The van der Waals surface area contributed by atoms with Crippen LogP contribution in [0.5, 0.6) is 0 Å². The maximum atomic E-state index is 11.3. The highest BCUT2D eigenvalue weighted by Crippen LogP contribution is 2.23. The molecule has 1 atom stereocenters. The van der Waals surface area contributed by atoms with Gasteiger partial charge in [0.1, 0.15) is 0 Å². The average molecular weight is 188 g/mol. The number of ether oxygens (including phenoxy) is 2. The molecule has 0 heterocycles. The monoisotopic (exact) mass is 188 g/mol. The number of rotatable bonds is 3. The Labute approximate surface area is 78.2 Å². The van der Waals surface area contributed by atoms with Gasteiger partial charge in [-0.1, -0.05) is 13.8 Å². The van der Waals surface area contributed by atoms with Gasteiger partial charge in [0.15, 0.2) is 0 Å². The Balaban J connectivity index is 4.72. The molecule has 1 unspecified atom stereocenters. The molecule has 0 aliphatic rings. The third-order valence-corrected chi connectivity index (χ3v) is 2.05. The van der Waals surface area contributed by atoms with E-state index in [-0.39, 0.29) is 5.92 Å². The molecule has 0 amide bonds. The smallest absolute Gasteiger partial charge is 0.350 e. The summed E-state index contributed by atoms with van der Waals surface area (Å²) in [6.07, 6.45) is 0. The molecular formula is C9H16O4. The standard InChI is InChI=1S/C9H16O4/c1-6(2)9(4,8(11)12-5)13-7(3)10/h6H,1-5H3. The zero-order valence-electron chi connectivity index (χ0n) is 8.71. The molecule has 4 nitrogen and oxygen atoms in total. The number of esters is 2. The second kappa shape index (κ2) is 4.25. The minimum atomic E-state index is -1.18. The van der Waals surface area contributed by atoms with Crippen LogP contribution < -0.4 is 0 Å². The molecule has 0 N–H and O–H groups in total. The molecule has 13 heavy (non-hydrogen) atoms. The molecular weight excluding hydrogens is 172 g/mol. The van der Waals surface area contributed by atoms with Crippen molar-refractivity contribution < 1.29 is 19.1 Å². The fourth-order valence-electron chi connectivity index (χ4n) is 0.896. The van der Waals surface area contributed by atoms with Gasteiger partial charge in [0.2, 0.25) is 5.60 Å². The van der Waals surface area contributed by atoms with E-state index in [1.165, 1.54) is 14.0 Å². The van der Waals surface area contributed by atoms with Gasteiger partial charge in [0.25, 0.3) is 0 Å². The minimum Gasteiger partial charge on any atom is -0.466 e. The van der Waals surface area contributed by atoms with Crippen LogP contribution in [-0.2, 0) is 19.1 Å². The number of hydrogen-bond acceptors (Lipinski definition) is 4. The predicted octanol–water partition coefficient (Wildman–Crippen LogP) is 1.14.